The summed E-state index contributed by atoms with van der Waals surface area (Å²) in [5.74, 6) is 1.22. The molecule has 0 heterocycles. The second-order valence-electron chi connectivity index (χ2n) is 3.09. The molecule has 0 atom stereocenters. The summed E-state index contributed by atoms with van der Waals surface area (Å²) in [7, 11) is 0. The molecule has 72 valence electrons. The predicted molar refractivity (Wildman–Crippen MR) is 54.1 cm³/mol. The fraction of sp³-hybridized carbons (Fsp3) is 0.182. The Morgan fingerprint density at radius 2 is 2.21 bits per heavy atom. The third-order valence-corrected chi connectivity index (χ3v) is 1.84. The van der Waals surface area contributed by atoms with Gasteiger partial charge in [-0.2, -0.15) is 0 Å². The number of nitrogens with two attached hydrogens (primary N) is 1. The highest BCUT2D eigenvalue weighted by Crippen LogP contribution is 2.15. The topological polar surface area (TPSA) is 60.2 Å². The number of hydrogen-bond acceptors (Lipinski definition) is 2. The number of hydrogen-bond donors (Lipinski definition) is 1. The van der Waals surface area contributed by atoms with Gasteiger partial charge >= 0.3 is 0 Å². The first-order valence-electron chi connectivity index (χ1n) is 4.23. The van der Waals surface area contributed by atoms with Crippen LogP contribution in [0.15, 0.2) is 24.3 Å². The van der Waals surface area contributed by atoms with Gasteiger partial charge in [0.2, 0.25) is 5.91 Å². The van der Waals surface area contributed by atoms with E-state index in [0.29, 0.717) is 11.1 Å². The molecule has 1 aromatic rings. The van der Waals surface area contributed by atoms with Crippen molar-refractivity contribution in [1.29, 1.82) is 0 Å². The van der Waals surface area contributed by atoms with E-state index in [-0.39, 0.29) is 6.42 Å². The molecule has 3 heteroatoms. The lowest BCUT2D eigenvalue weighted by Crippen LogP contribution is -2.11. The average Bonchev–Trinajstić information content (AvgIpc) is 2.14. The summed E-state index contributed by atoms with van der Waals surface area (Å²) < 4.78 is 0. The second kappa shape index (κ2) is 4.40. The van der Waals surface area contributed by atoms with E-state index in [1.54, 1.807) is 12.0 Å². The molecule has 0 fully saturated rings. The lowest BCUT2D eigenvalue weighted by Gasteiger charge is -2.01. The van der Waals surface area contributed by atoms with Crippen molar-refractivity contribution in [3.05, 3.63) is 35.4 Å². The molecule has 0 bridgehead atoms. The predicted octanol–water partition coefficient (Wildman–Crippen LogP) is 1.09. The molecule has 0 aliphatic carbocycles. The first kappa shape index (κ1) is 10.2. The fourth-order valence-corrected chi connectivity index (χ4v) is 1.20. The lowest BCUT2D eigenvalue weighted by atomic mass is 10.0. The zero-order chi connectivity index (χ0) is 10.6. The number of primary amides is 1. The van der Waals surface area contributed by atoms with E-state index in [0.717, 1.165) is 5.56 Å². The normalized spacial score (nSPS) is 9.21. The Labute approximate surface area is 82.2 Å². The molecule has 0 saturated carbocycles. The lowest BCUT2D eigenvalue weighted by molar-refractivity contribution is -0.117. The van der Waals surface area contributed by atoms with Crippen LogP contribution in [0.2, 0.25) is 0 Å². The van der Waals surface area contributed by atoms with Crippen LogP contribution in [0, 0.1) is 6.92 Å². The van der Waals surface area contributed by atoms with E-state index in [9.17, 15) is 9.59 Å². The number of benzene rings is 1. The van der Waals surface area contributed by atoms with Crippen molar-refractivity contribution in [2.24, 2.45) is 5.73 Å². The highest BCUT2D eigenvalue weighted by atomic mass is 16.1. The van der Waals surface area contributed by atoms with Gasteiger partial charge in [0.15, 0.2) is 0 Å². The van der Waals surface area contributed by atoms with Crippen LogP contribution in [0.25, 0.3) is 5.57 Å². The molecule has 1 aromatic carbocycles. The largest absolute Gasteiger partial charge is 0.369 e. The number of carbonyl (C=O) groups excluding carboxylic acids is 2. The second-order valence-corrected chi connectivity index (χ2v) is 3.09. The Balaban J connectivity index is 3.02. The maximum atomic E-state index is 10.6. The number of rotatable bonds is 3. The van der Waals surface area contributed by atoms with E-state index in [1.165, 1.54) is 0 Å². The minimum Gasteiger partial charge on any atom is -0.369 e. The molecular weight excluding hydrogens is 178 g/mol. The molecule has 0 aliphatic rings. The highest BCUT2D eigenvalue weighted by Gasteiger charge is 2.06. The summed E-state index contributed by atoms with van der Waals surface area (Å²) in [6.45, 7) is 1.91. The van der Waals surface area contributed by atoms with Gasteiger partial charge in [-0.3, -0.25) is 4.79 Å². The summed E-state index contributed by atoms with van der Waals surface area (Å²) in [6, 6.07) is 7.32. The minimum atomic E-state index is -0.523. The van der Waals surface area contributed by atoms with Gasteiger partial charge in [-0.1, -0.05) is 29.8 Å². The summed E-state index contributed by atoms with van der Waals surface area (Å²) in [5, 5.41) is 0. The first-order valence-corrected chi connectivity index (χ1v) is 4.23. The third kappa shape index (κ3) is 2.57. The molecule has 0 unspecified atom stereocenters. The SMILES string of the molecule is Cc1cccc(C(=C=O)CC(N)=O)c1. The fourth-order valence-electron chi connectivity index (χ4n) is 1.20. The Morgan fingerprint density at radius 1 is 1.50 bits per heavy atom. The summed E-state index contributed by atoms with van der Waals surface area (Å²) >= 11 is 0. The Hall–Kier alpha value is -1.86. The summed E-state index contributed by atoms with van der Waals surface area (Å²) in [5.41, 5.74) is 7.05. The highest BCUT2D eigenvalue weighted by molar-refractivity contribution is 5.97. The third-order valence-electron chi connectivity index (χ3n) is 1.84. The van der Waals surface area contributed by atoms with Crippen LogP contribution < -0.4 is 5.73 Å². The zero-order valence-corrected chi connectivity index (χ0v) is 7.91. The van der Waals surface area contributed by atoms with E-state index >= 15 is 0 Å². The number of aryl methyl sites for hydroxylation is 1. The maximum absolute atomic E-state index is 10.6. The van der Waals surface area contributed by atoms with Crippen LogP contribution in [0.4, 0.5) is 0 Å². The molecule has 1 amide bonds. The van der Waals surface area contributed by atoms with Gasteiger partial charge in [0.1, 0.15) is 5.94 Å². The monoisotopic (exact) mass is 189 g/mol. The molecule has 0 radical (unpaired) electrons. The Morgan fingerprint density at radius 3 is 2.71 bits per heavy atom. The van der Waals surface area contributed by atoms with E-state index in [1.807, 2.05) is 25.1 Å². The standard InChI is InChI=1S/C11H11NO2/c1-8-3-2-4-9(5-8)10(7-13)6-11(12)14/h2-5H,6H2,1H3,(H2,12,14). The molecular formula is C11H11NO2. The quantitative estimate of drug-likeness (QED) is 0.723. The first-order chi connectivity index (χ1) is 6.63. The molecule has 1 rings (SSSR count). The van der Waals surface area contributed by atoms with Crippen LogP contribution in [0.5, 0.6) is 0 Å². The molecule has 0 aliphatic heterocycles. The van der Waals surface area contributed by atoms with Crippen molar-refractivity contribution in [1.82, 2.24) is 0 Å². The minimum absolute atomic E-state index is 0.0625. The van der Waals surface area contributed by atoms with Crippen molar-refractivity contribution in [3.8, 4) is 0 Å². The maximum Gasteiger partial charge on any atom is 0.222 e. The Bertz CT molecular complexity index is 404. The summed E-state index contributed by atoms with van der Waals surface area (Å²) in [4.78, 5) is 21.2. The smallest absolute Gasteiger partial charge is 0.222 e. The van der Waals surface area contributed by atoms with Gasteiger partial charge in [0.05, 0.1) is 12.0 Å². The van der Waals surface area contributed by atoms with E-state index in [4.69, 9.17) is 5.73 Å². The molecule has 0 aromatic heterocycles. The van der Waals surface area contributed by atoms with Crippen LogP contribution >= 0.6 is 0 Å². The van der Waals surface area contributed by atoms with Crippen molar-refractivity contribution in [2.75, 3.05) is 0 Å². The molecule has 0 saturated heterocycles. The number of amides is 1. The number of carbonyl (C=O) groups is 1. The molecule has 0 spiro atoms. The van der Waals surface area contributed by atoms with Crippen molar-refractivity contribution in [2.45, 2.75) is 13.3 Å². The van der Waals surface area contributed by atoms with Gasteiger partial charge in [-0.05, 0) is 12.5 Å². The van der Waals surface area contributed by atoms with Crippen LogP contribution in [-0.2, 0) is 9.59 Å². The average molecular weight is 189 g/mol. The van der Waals surface area contributed by atoms with Gasteiger partial charge < -0.3 is 5.73 Å². The van der Waals surface area contributed by atoms with Crippen molar-refractivity contribution >= 4 is 17.4 Å². The van der Waals surface area contributed by atoms with Gasteiger partial charge in [0, 0.05) is 0 Å². The Kier molecular flexibility index (Phi) is 3.21. The van der Waals surface area contributed by atoms with Crippen molar-refractivity contribution < 1.29 is 9.59 Å². The van der Waals surface area contributed by atoms with Gasteiger partial charge in [-0.15, -0.1) is 0 Å². The van der Waals surface area contributed by atoms with E-state index < -0.39 is 5.91 Å². The van der Waals surface area contributed by atoms with Gasteiger partial charge in [-0.25, -0.2) is 4.79 Å². The summed E-state index contributed by atoms with van der Waals surface area (Å²) in [6.07, 6.45) is -0.0625. The zero-order valence-electron chi connectivity index (χ0n) is 7.91. The van der Waals surface area contributed by atoms with Crippen molar-refractivity contribution in [3.63, 3.8) is 0 Å². The van der Waals surface area contributed by atoms with Gasteiger partial charge in [0.25, 0.3) is 0 Å². The van der Waals surface area contributed by atoms with Crippen LogP contribution in [-0.4, -0.2) is 11.8 Å². The van der Waals surface area contributed by atoms with Crippen LogP contribution in [0.3, 0.4) is 0 Å². The van der Waals surface area contributed by atoms with Crippen LogP contribution in [0.1, 0.15) is 17.5 Å². The molecule has 14 heavy (non-hydrogen) atoms. The van der Waals surface area contributed by atoms with E-state index in [2.05, 4.69) is 0 Å². The molecule has 3 nitrogen and oxygen atoms in total. The molecule has 2 N–H and O–H groups in total.